The molecule has 0 spiro atoms. The summed E-state index contributed by atoms with van der Waals surface area (Å²) >= 11 is 0. The molecule has 0 unspecified atom stereocenters. The molecule has 1 N–H and O–H groups in total. The van der Waals surface area contributed by atoms with Crippen LogP contribution in [0.25, 0.3) is 5.82 Å². The number of rotatable bonds is 5. The minimum absolute atomic E-state index is 0.411. The quantitative estimate of drug-likeness (QED) is 0.896. The molecule has 2 heterocycles. The van der Waals surface area contributed by atoms with Gasteiger partial charge in [-0.05, 0) is 18.1 Å². The summed E-state index contributed by atoms with van der Waals surface area (Å²) < 4.78 is 1.95. The Balaban J connectivity index is 2.35. The molecular weight excluding hydrogens is 236 g/mol. The molecule has 0 atom stereocenters. The van der Waals surface area contributed by atoms with E-state index >= 15 is 0 Å². The molecule has 0 fully saturated rings. The highest BCUT2D eigenvalue weighted by atomic mass is 15.3. The average molecular weight is 258 g/mol. The third kappa shape index (κ3) is 3.20. The van der Waals surface area contributed by atoms with Crippen molar-refractivity contribution in [2.24, 2.45) is 0 Å². The molecule has 102 valence electrons. The normalized spacial score (nSPS) is 11.5. The highest BCUT2D eigenvalue weighted by molar-refractivity contribution is 5.30. The molecule has 0 saturated heterocycles. The minimum Gasteiger partial charge on any atom is -0.310 e. The Morgan fingerprint density at radius 2 is 2.00 bits per heavy atom. The number of pyridine rings is 1. The average Bonchev–Trinajstić information content (AvgIpc) is 2.81. The highest BCUT2D eigenvalue weighted by Crippen LogP contribution is 2.22. The molecule has 4 heteroatoms. The molecule has 2 aromatic rings. The van der Waals surface area contributed by atoms with E-state index in [1.807, 2.05) is 29.1 Å². The second-order valence-electron chi connectivity index (χ2n) is 5.35. The Morgan fingerprint density at radius 1 is 1.21 bits per heavy atom. The van der Waals surface area contributed by atoms with Crippen molar-refractivity contribution in [2.45, 2.75) is 46.2 Å². The molecule has 0 amide bonds. The van der Waals surface area contributed by atoms with E-state index in [4.69, 9.17) is 0 Å². The van der Waals surface area contributed by atoms with Gasteiger partial charge in [-0.25, -0.2) is 9.67 Å². The summed E-state index contributed by atoms with van der Waals surface area (Å²) in [5.74, 6) is 1.29. The van der Waals surface area contributed by atoms with Crippen LogP contribution in [0.15, 0.2) is 30.6 Å². The molecule has 0 saturated carbocycles. The first-order valence-corrected chi connectivity index (χ1v) is 6.81. The molecule has 4 nitrogen and oxygen atoms in total. The van der Waals surface area contributed by atoms with Crippen LogP contribution in [0.1, 0.15) is 44.9 Å². The molecule has 0 aliphatic rings. The number of hydrogen-bond donors (Lipinski definition) is 1. The van der Waals surface area contributed by atoms with Gasteiger partial charge in [0.05, 0.1) is 11.9 Å². The van der Waals surface area contributed by atoms with Gasteiger partial charge in [-0.3, -0.25) is 0 Å². The van der Waals surface area contributed by atoms with E-state index in [-0.39, 0.29) is 0 Å². The monoisotopic (exact) mass is 258 g/mol. The lowest BCUT2D eigenvalue weighted by Crippen LogP contribution is -2.22. The van der Waals surface area contributed by atoms with Gasteiger partial charge in [0, 0.05) is 24.3 Å². The Labute approximate surface area is 114 Å². The van der Waals surface area contributed by atoms with Crippen LogP contribution < -0.4 is 5.32 Å². The zero-order valence-electron chi connectivity index (χ0n) is 12.1. The maximum Gasteiger partial charge on any atom is 0.153 e. The lowest BCUT2D eigenvalue weighted by atomic mass is 10.1. The van der Waals surface area contributed by atoms with Gasteiger partial charge >= 0.3 is 0 Å². The third-order valence-corrected chi connectivity index (χ3v) is 3.00. The maximum absolute atomic E-state index is 4.50. The zero-order chi connectivity index (χ0) is 13.8. The Morgan fingerprint density at radius 3 is 2.58 bits per heavy atom. The van der Waals surface area contributed by atoms with Crippen molar-refractivity contribution in [3.63, 3.8) is 0 Å². The molecule has 2 rings (SSSR count). The predicted molar refractivity (Wildman–Crippen MR) is 77.4 cm³/mol. The summed E-state index contributed by atoms with van der Waals surface area (Å²) in [6.07, 6.45) is 3.74. The molecule has 0 aromatic carbocycles. The van der Waals surface area contributed by atoms with Crippen molar-refractivity contribution in [2.75, 3.05) is 0 Å². The van der Waals surface area contributed by atoms with Crippen LogP contribution in [0.5, 0.6) is 0 Å². The van der Waals surface area contributed by atoms with Crippen molar-refractivity contribution in [1.82, 2.24) is 20.1 Å². The number of hydrogen-bond acceptors (Lipinski definition) is 3. The smallest absolute Gasteiger partial charge is 0.153 e. The third-order valence-electron chi connectivity index (χ3n) is 3.00. The van der Waals surface area contributed by atoms with Crippen molar-refractivity contribution in [3.05, 3.63) is 41.9 Å². The Hall–Kier alpha value is -1.68. The van der Waals surface area contributed by atoms with Crippen LogP contribution in [0.4, 0.5) is 0 Å². The summed E-state index contributed by atoms with van der Waals surface area (Å²) in [7, 11) is 0. The molecule has 2 aromatic heterocycles. The molecule has 0 aliphatic carbocycles. The first-order valence-electron chi connectivity index (χ1n) is 6.81. The zero-order valence-corrected chi connectivity index (χ0v) is 12.1. The lowest BCUT2D eigenvalue weighted by molar-refractivity contribution is 0.582. The fourth-order valence-electron chi connectivity index (χ4n) is 2.12. The van der Waals surface area contributed by atoms with E-state index in [0.717, 1.165) is 12.4 Å². The Bertz CT molecular complexity index is 514. The van der Waals surface area contributed by atoms with Crippen molar-refractivity contribution in [1.29, 1.82) is 0 Å². The van der Waals surface area contributed by atoms with Crippen LogP contribution in [0.3, 0.4) is 0 Å². The standard InChI is InChI=1S/C15H22N4/c1-11(2)15-13(9-17-12(3)4)10-18-19(15)14-7-5-6-8-16-14/h5-8,10-12,17H,9H2,1-4H3. The van der Waals surface area contributed by atoms with Gasteiger partial charge in [0.15, 0.2) is 5.82 Å². The van der Waals surface area contributed by atoms with Gasteiger partial charge in [0.2, 0.25) is 0 Å². The predicted octanol–water partition coefficient (Wildman–Crippen LogP) is 2.89. The summed E-state index contributed by atoms with van der Waals surface area (Å²) in [6, 6.07) is 6.36. The van der Waals surface area contributed by atoms with E-state index in [1.54, 1.807) is 6.20 Å². The fourth-order valence-corrected chi connectivity index (χ4v) is 2.12. The second-order valence-corrected chi connectivity index (χ2v) is 5.35. The lowest BCUT2D eigenvalue weighted by Gasteiger charge is -2.13. The first-order chi connectivity index (χ1) is 9.09. The summed E-state index contributed by atoms with van der Waals surface area (Å²) in [6.45, 7) is 9.53. The first kappa shape index (κ1) is 13.7. The van der Waals surface area contributed by atoms with Gasteiger partial charge in [-0.1, -0.05) is 33.8 Å². The second kappa shape index (κ2) is 5.97. The van der Waals surface area contributed by atoms with Crippen LogP contribution in [0, 0.1) is 0 Å². The van der Waals surface area contributed by atoms with Crippen molar-refractivity contribution in [3.8, 4) is 5.82 Å². The van der Waals surface area contributed by atoms with E-state index in [2.05, 4.69) is 43.1 Å². The van der Waals surface area contributed by atoms with E-state index in [9.17, 15) is 0 Å². The minimum atomic E-state index is 0.411. The summed E-state index contributed by atoms with van der Waals surface area (Å²) in [5, 5.41) is 7.95. The Kier molecular flexibility index (Phi) is 4.32. The van der Waals surface area contributed by atoms with Crippen LogP contribution in [-0.2, 0) is 6.54 Å². The molecule has 19 heavy (non-hydrogen) atoms. The van der Waals surface area contributed by atoms with E-state index < -0.39 is 0 Å². The van der Waals surface area contributed by atoms with Gasteiger partial charge in [-0.2, -0.15) is 5.10 Å². The van der Waals surface area contributed by atoms with Crippen molar-refractivity contribution < 1.29 is 0 Å². The van der Waals surface area contributed by atoms with Crippen LogP contribution in [-0.4, -0.2) is 20.8 Å². The van der Waals surface area contributed by atoms with Crippen LogP contribution in [0.2, 0.25) is 0 Å². The SMILES string of the molecule is CC(C)NCc1cnn(-c2ccccn2)c1C(C)C. The van der Waals surface area contributed by atoms with Gasteiger partial charge in [-0.15, -0.1) is 0 Å². The van der Waals surface area contributed by atoms with E-state index in [1.165, 1.54) is 11.3 Å². The highest BCUT2D eigenvalue weighted by Gasteiger charge is 2.15. The maximum atomic E-state index is 4.50. The summed E-state index contributed by atoms with van der Waals surface area (Å²) in [5.41, 5.74) is 2.47. The molecule has 0 aliphatic heterocycles. The number of aromatic nitrogens is 3. The van der Waals surface area contributed by atoms with Gasteiger partial charge in [0.1, 0.15) is 0 Å². The van der Waals surface area contributed by atoms with Crippen LogP contribution >= 0.6 is 0 Å². The molecule has 0 bridgehead atoms. The summed E-state index contributed by atoms with van der Waals surface area (Å²) in [4.78, 5) is 4.38. The fraction of sp³-hybridized carbons (Fsp3) is 0.467. The number of nitrogens with zero attached hydrogens (tertiary/aromatic N) is 3. The topological polar surface area (TPSA) is 42.7 Å². The molecular formula is C15H22N4. The van der Waals surface area contributed by atoms with Gasteiger partial charge in [0.25, 0.3) is 0 Å². The largest absolute Gasteiger partial charge is 0.310 e. The molecule has 0 radical (unpaired) electrons. The van der Waals surface area contributed by atoms with Crippen molar-refractivity contribution >= 4 is 0 Å². The van der Waals surface area contributed by atoms with E-state index in [0.29, 0.717) is 12.0 Å². The number of nitrogens with one attached hydrogen (secondary N) is 1. The van der Waals surface area contributed by atoms with Gasteiger partial charge < -0.3 is 5.32 Å².